The summed E-state index contributed by atoms with van der Waals surface area (Å²) in [6.07, 6.45) is 5.06. The van der Waals surface area contributed by atoms with Gasteiger partial charge in [-0.2, -0.15) is 9.61 Å². The van der Waals surface area contributed by atoms with Gasteiger partial charge in [0.25, 0.3) is 15.9 Å². The van der Waals surface area contributed by atoms with Gasteiger partial charge in [0.05, 0.1) is 29.1 Å². The van der Waals surface area contributed by atoms with E-state index in [0.717, 1.165) is 11.8 Å². The van der Waals surface area contributed by atoms with Crippen LogP contribution in [0.5, 0.6) is 0 Å². The minimum Gasteiger partial charge on any atom is -0.365 e. The summed E-state index contributed by atoms with van der Waals surface area (Å²) < 4.78 is 36.0. The molecular weight excluding hydrogens is 592 g/mol. The van der Waals surface area contributed by atoms with Crippen molar-refractivity contribution in [3.8, 4) is 0 Å². The zero-order chi connectivity index (χ0) is 29.9. The number of fused-ring (bicyclic) bond motifs is 3. The lowest BCUT2D eigenvalue weighted by molar-refractivity contribution is -0.120. The van der Waals surface area contributed by atoms with Crippen LogP contribution in [0.2, 0.25) is 5.02 Å². The highest BCUT2D eigenvalue weighted by Gasteiger charge is 2.43. The van der Waals surface area contributed by atoms with Gasteiger partial charge >= 0.3 is 0 Å². The predicted octanol–water partition coefficient (Wildman–Crippen LogP) is 4.31. The summed E-state index contributed by atoms with van der Waals surface area (Å²) in [6, 6.07) is 13.6. The first kappa shape index (κ1) is 27.8. The molecule has 1 saturated carbocycles. The molecule has 2 aliphatic heterocycles. The lowest BCUT2D eigenvalue weighted by Gasteiger charge is -2.39. The number of rotatable bonds is 6. The quantitative estimate of drug-likeness (QED) is 0.326. The fraction of sp³-hybridized carbons (Fsp3) is 0.333. The number of hydrogen-bond acceptors (Lipinski definition) is 8. The molecule has 2 N–H and O–H groups in total. The molecule has 0 atom stereocenters. The van der Waals surface area contributed by atoms with Crippen LogP contribution in [0.25, 0.3) is 5.65 Å². The first-order valence-electron chi connectivity index (χ1n) is 14.1. The summed E-state index contributed by atoms with van der Waals surface area (Å²) in [7, 11) is -4.25. The smallest absolute Gasteiger partial charge is 0.269 e. The van der Waals surface area contributed by atoms with E-state index in [1.54, 1.807) is 11.0 Å². The van der Waals surface area contributed by atoms with Gasteiger partial charge in [-0.25, -0.2) is 18.1 Å². The maximum Gasteiger partial charge on any atom is 0.269 e. The molecule has 2 amide bonds. The van der Waals surface area contributed by atoms with Crippen molar-refractivity contribution in [1.29, 1.82) is 0 Å². The van der Waals surface area contributed by atoms with Crippen molar-refractivity contribution in [2.45, 2.75) is 49.7 Å². The lowest BCUT2D eigenvalue weighted by atomic mass is 9.83. The number of benzene rings is 2. The van der Waals surface area contributed by atoms with Crippen molar-refractivity contribution in [1.82, 2.24) is 24.2 Å². The molecule has 0 radical (unpaired) electrons. The van der Waals surface area contributed by atoms with E-state index in [9.17, 15) is 18.0 Å². The normalized spacial score (nSPS) is 17.7. The summed E-state index contributed by atoms with van der Waals surface area (Å²) in [5, 5.41) is 7.92. The molecule has 2 aromatic carbocycles. The van der Waals surface area contributed by atoms with Gasteiger partial charge in [0, 0.05) is 25.2 Å². The molecule has 2 fully saturated rings. The lowest BCUT2D eigenvalue weighted by Crippen LogP contribution is -2.45. The Morgan fingerprint density at radius 1 is 1.09 bits per heavy atom. The van der Waals surface area contributed by atoms with Crippen molar-refractivity contribution < 1.29 is 22.7 Å². The highest BCUT2D eigenvalue weighted by atomic mass is 35.5. The van der Waals surface area contributed by atoms with E-state index >= 15 is 0 Å². The molecule has 0 unspecified atom stereocenters. The number of nitrogens with one attached hydrogen (secondary N) is 2. The van der Waals surface area contributed by atoms with E-state index in [1.807, 2.05) is 31.2 Å². The van der Waals surface area contributed by atoms with Crippen LogP contribution in [0.15, 0.2) is 59.8 Å². The zero-order valence-electron chi connectivity index (χ0n) is 23.3. The number of anilines is 2. The Balaban J connectivity index is 1.24. The van der Waals surface area contributed by atoms with Crippen LogP contribution in [0.1, 0.15) is 52.7 Å². The van der Waals surface area contributed by atoms with Crippen molar-refractivity contribution in [3.63, 3.8) is 0 Å². The number of carbonyl (C=O) groups is 2. The van der Waals surface area contributed by atoms with E-state index in [2.05, 4.69) is 32.3 Å². The molecule has 1 saturated heterocycles. The molecule has 43 heavy (non-hydrogen) atoms. The number of likely N-dealkylation sites (tertiary alicyclic amines) is 1. The van der Waals surface area contributed by atoms with Crippen LogP contribution in [-0.2, 0) is 31.8 Å². The Morgan fingerprint density at radius 3 is 2.63 bits per heavy atom. The fourth-order valence-electron chi connectivity index (χ4n) is 5.89. The molecule has 4 aromatic rings. The largest absolute Gasteiger partial charge is 0.365 e. The Labute approximate surface area is 253 Å². The number of amides is 2. The number of hydrogen-bond donors (Lipinski definition) is 2. The number of ether oxygens (including phenoxy) is 1. The molecule has 13 heteroatoms. The number of aryl methyl sites for hydroxylation is 1. The summed E-state index contributed by atoms with van der Waals surface area (Å²) in [5.41, 5.74) is 3.54. The molecule has 3 aliphatic rings. The highest BCUT2D eigenvalue weighted by molar-refractivity contribution is 7.90. The van der Waals surface area contributed by atoms with Crippen LogP contribution in [0.4, 0.5) is 11.5 Å². The van der Waals surface area contributed by atoms with Crippen molar-refractivity contribution in [2.75, 3.05) is 18.4 Å². The second-order valence-electron chi connectivity index (χ2n) is 11.3. The molecule has 11 nitrogen and oxygen atoms in total. The van der Waals surface area contributed by atoms with Gasteiger partial charge < -0.3 is 15.0 Å². The van der Waals surface area contributed by atoms with E-state index < -0.39 is 21.5 Å². The second kappa shape index (κ2) is 10.3. The minimum absolute atomic E-state index is 0.0347. The first-order valence-corrected chi connectivity index (χ1v) is 16.0. The monoisotopic (exact) mass is 620 g/mol. The van der Waals surface area contributed by atoms with E-state index in [4.69, 9.17) is 16.3 Å². The number of nitrogens with zero attached hydrogens (tertiary/aromatic N) is 4. The third kappa shape index (κ3) is 4.92. The molecule has 4 heterocycles. The standard InChI is InChI=1S/C30H29ClN6O5S/c1-18-6-9-23(31)24(14-18)34-26-21(15-32-27-25(16-33-37(26)27)43(40,41)35-28(38)19-7-8-19)29(39)36-12-10-30(11-13-36)22-5-3-2-4-20(22)17-42-30/h2-6,9,14-16,19,34H,7-8,10-13,17H2,1H3,(H,35,38). The number of carbonyl (C=O) groups excluding carboxylic acids is 2. The Hall–Kier alpha value is -4.00. The zero-order valence-corrected chi connectivity index (χ0v) is 24.9. The Bertz CT molecular complexity index is 1900. The number of halogens is 1. The summed E-state index contributed by atoms with van der Waals surface area (Å²) in [6.45, 7) is 3.38. The van der Waals surface area contributed by atoms with E-state index in [0.29, 0.717) is 56.1 Å². The van der Waals surface area contributed by atoms with Gasteiger partial charge in [0.15, 0.2) is 10.5 Å². The molecular formula is C30H29ClN6O5S. The van der Waals surface area contributed by atoms with Gasteiger partial charge in [-0.1, -0.05) is 41.9 Å². The molecule has 0 bridgehead atoms. The van der Waals surface area contributed by atoms with Crippen LogP contribution < -0.4 is 10.0 Å². The van der Waals surface area contributed by atoms with Gasteiger partial charge in [-0.05, 0) is 61.4 Å². The van der Waals surface area contributed by atoms with Crippen LogP contribution in [0.3, 0.4) is 0 Å². The van der Waals surface area contributed by atoms with Crippen molar-refractivity contribution >= 4 is 50.6 Å². The number of piperidine rings is 1. The van der Waals surface area contributed by atoms with Crippen molar-refractivity contribution in [2.24, 2.45) is 5.92 Å². The van der Waals surface area contributed by atoms with Gasteiger partial charge in [-0.3, -0.25) is 9.59 Å². The molecule has 1 spiro atoms. The van der Waals surface area contributed by atoms with Crippen molar-refractivity contribution in [3.05, 3.63) is 82.1 Å². The van der Waals surface area contributed by atoms with Crippen LogP contribution >= 0.6 is 11.6 Å². The average molecular weight is 621 g/mol. The summed E-state index contributed by atoms with van der Waals surface area (Å²) >= 11 is 6.50. The highest BCUT2D eigenvalue weighted by Crippen LogP contribution is 2.44. The topological polar surface area (TPSA) is 135 Å². The molecule has 1 aliphatic carbocycles. The first-order chi connectivity index (χ1) is 20.6. The SMILES string of the molecule is Cc1ccc(Cl)c(Nc2c(C(=O)N3CCC4(CC3)OCc3ccccc34)cnc3c(S(=O)(=O)NC(=O)C4CC4)cnn23)c1. The van der Waals surface area contributed by atoms with Gasteiger partial charge in [-0.15, -0.1) is 0 Å². The summed E-state index contributed by atoms with van der Waals surface area (Å²) in [5.74, 6) is -0.932. The van der Waals surface area contributed by atoms with Gasteiger partial charge in [0.1, 0.15) is 11.4 Å². The second-order valence-corrected chi connectivity index (χ2v) is 13.4. The Kier molecular flexibility index (Phi) is 6.67. The van der Waals surface area contributed by atoms with Crippen LogP contribution in [-0.4, -0.2) is 52.8 Å². The van der Waals surface area contributed by atoms with Gasteiger partial charge in [0.2, 0.25) is 5.91 Å². The number of sulfonamides is 1. The maximum absolute atomic E-state index is 14.0. The van der Waals surface area contributed by atoms with Crippen LogP contribution in [0, 0.1) is 12.8 Å². The predicted molar refractivity (Wildman–Crippen MR) is 159 cm³/mol. The summed E-state index contributed by atoms with van der Waals surface area (Å²) in [4.78, 5) is 32.2. The molecule has 7 rings (SSSR count). The average Bonchev–Trinajstić information content (AvgIpc) is 3.67. The number of aromatic nitrogens is 3. The molecule has 222 valence electrons. The minimum atomic E-state index is -4.25. The third-order valence-electron chi connectivity index (χ3n) is 8.44. The Morgan fingerprint density at radius 2 is 1.86 bits per heavy atom. The third-order valence-corrected chi connectivity index (χ3v) is 10.1. The molecule has 2 aromatic heterocycles. The van der Waals surface area contributed by atoms with E-state index in [-0.39, 0.29) is 33.7 Å². The van der Waals surface area contributed by atoms with E-state index in [1.165, 1.54) is 21.8 Å². The maximum atomic E-state index is 14.0. The fourth-order valence-corrected chi connectivity index (χ4v) is 7.17.